The average Bonchev–Trinajstić information content (AvgIpc) is 2.64. The van der Waals surface area contributed by atoms with Gasteiger partial charge in [0.05, 0.1) is 0 Å². The highest BCUT2D eigenvalue weighted by molar-refractivity contribution is 5.32. The molecule has 0 bridgehead atoms. The maximum Gasteiger partial charge on any atom is 0.167 e. The number of phenolic OH excluding ortho intramolecular Hbond substituents is 1. The summed E-state index contributed by atoms with van der Waals surface area (Å²) < 4.78 is 26.0. The van der Waals surface area contributed by atoms with Crippen LogP contribution in [0.5, 0.6) is 5.75 Å². The second-order valence-electron chi connectivity index (χ2n) is 3.47. The highest BCUT2D eigenvalue weighted by Gasteiger charge is 2.21. The van der Waals surface area contributed by atoms with Crippen LogP contribution in [0.15, 0.2) is 12.1 Å². The molecule has 0 spiro atoms. The summed E-state index contributed by atoms with van der Waals surface area (Å²) in [6, 6.07) is 1.79. The van der Waals surface area contributed by atoms with E-state index in [1.807, 2.05) is 0 Å². The third-order valence-electron chi connectivity index (χ3n) is 2.50. The van der Waals surface area contributed by atoms with E-state index in [2.05, 4.69) is 5.32 Å². The summed E-state index contributed by atoms with van der Waals surface area (Å²) >= 11 is 0. The summed E-state index contributed by atoms with van der Waals surface area (Å²) in [4.78, 5) is 0. The summed E-state index contributed by atoms with van der Waals surface area (Å²) in [6.07, 6.45) is 1.80. The summed E-state index contributed by atoms with van der Waals surface area (Å²) in [5, 5.41) is 12.2. The fourth-order valence-corrected chi connectivity index (χ4v) is 1.77. The van der Waals surface area contributed by atoms with Gasteiger partial charge in [-0.3, -0.25) is 0 Å². The van der Waals surface area contributed by atoms with Crippen LogP contribution in [0.25, 0.3) is 0 Å². The predicted octanol–water partition coefficient (Wildman–Crippen LogP) is 2.09. The molecule has 0 amide bonds. The van der Waals surface area contributed by atoms with E-state index in [1.165, 1.54) is 0 Å². The third kappa shape index (κ3) is 1.57. The van der Waals surface area contributed by atoms with Crippen LogP contribution in [0, 0.1) is 11.6 Å². The van der Waals surface area contributed by atoms with Crippen LogP contribution in [0.2, 0.25) is 0 Å². The van der Waals surface area contributed by atoms with Crippen LogP contribution in [0.3, 0.4) is 0 Å². The molecular formula is C10H11F2NO. The second-order valence-corrected chi connectivity index (χ2v) is 3.47. The minimum absolute atomic E-state index is 0.0958. The first kappa shape index (κ1) is 9.40. The zero-order valence-electron chi connectivity index (χ0n) is 7.56. The standard InChI is InChI=1S/C10H11F2NO/c11-7-5-8(12)10(14)4-6(7)9-2-1-3-13-9/h4-5,9,13-14H,1-3H2. The van der Waals surface area contributed by atoms with Gasteiger partial charge in [-0.15, -0.1) is 0 Å². The van der Waals surface area contributed by atoms with Crippen LogP contribution >= 0.6 is 0 Å². The van der Waals surface area contributed by atoms with E-state index >= 15 is 0 Å². The number of halogens is 2. The minimum Gasteiger partial charge on any atom is -0.505 e. The monoisotopic (exact) mass is 199 g/mol. The number of benzene rings is 1. The second kappa shape index (κ2) is 3.53. The van der Waals surface area contributed by atoms with Gasteiger partial charge in [0.25, 0.3) is 0 Å². The van der Waals surface area contributed by atoms with Gasteiger partial charge in [0.2, 0.25) is 0 Å². The van der Waals surface area contributed by atoms with Crippen LogP contribution < -0.4 is 5.32 Å². The van der Waals surface area contributed by atoms with Crippen molar-refractivity contribution in [1.82, 2.24) is 5.32 Å². The molecular weight excluding hydrogens is 188 g/mol. The first-order valence-corrected chi connectivity index (χ1v) is 4.60. The Labute approximate surface area is 80.6 Å². The van der Waals surface area contributed by atoms with Gasteiger partial charge in [-0.1, -0.05) is 0 Å². The highest BCUT2D eigenvalue weighted by Crippen LogP contribution is 2.29. The van der Waals surface area contributed by atoms with Crippen molar-refractivity contribution in [2.45, 2.75) is 18.9 Å². The molecule has 1 unspecified atom stereocenters. The van der Waals surface area contributed by atoms with Crippen molar-refractivity contribution >= 4 is 0 Å². The molecule has 2 nitrogen and oxygen atoms in total. The molecule has 1 aromatic rings. The van der Waals surface area contributed by atoms with E-state index in [9.17, 15) is 8.78 Å². The Hall–Kier alpha value is -1.16. The molecule has 0 saturated carbocycles. The van der Waals surface area contributed by atoms with E-state index in [-0.39, 0.29) is 6.04 Å². The van der Waals surface area contributed by atoms with Crippen LogP contribution in [0.4, 0.5) is 8.78 Å². The quantitative estimate of drug-likeness (QED) is 0.725. The molecule has 0 radical (unpaired) electrons. The van der Waals surface area contributed by atoms with Gasteiger partial charge in [0, 0.05) is 17.7 Å². The van der Waals surface area contributed by atoms with E-state index < -0.39 is 17.4 Å². The van der Waals surface area contributed by atoms with Gasteiger partial charge >= 0.3 is 0 Å². The molecule has 76 valence electrons. The van der Waals surface area contributed by atoms with Gasteiger partial charge in [-0.25, -0.2) is 8.78 Å². The number of phenols is 1. The van der Waals surface area contributed by atoms with Gasteiger partial charge in [0.15, 0.2) is 11.6 Å². The number of hydrogen-bond acceptors (Lipinski definition) is 2. The lowest BCUT2D eigenvalue weighted by Crippen LogP contribution is -2.14. The fourth-order valence-electron chi connectivity index (χ4n) is 1.77. The third-order valence-corrected chi connectivity index (χ3v) is 2.50. The molecule has 1 aliphatic rings. The van der Waals surface area contributed by atoms with Gasteiger partial charge in [-0.05, 0) is 25.5 Å². The molecule has 1 fully saturated rings. The van der Waals surface area contributed by atoms with Crippen molar-refractivity contribution in [3.05, 3.63) is 29.3 Å². The molecule has 0 aromatic heterocycles. The molecule has 1 atom stereocenters. The molecule has 2 N–H and O–H groups in total. The van der Waals surface area contributed by atoms with E-state index in [0.29, 0.717) is 5.56 Å². The zero-order valence-corrected chi connectivity index (χ0v) is 7.56. The van der Waals surface area contributed by atoms with Crippen LogP contribution in [-0.4, -0.2) is 11.7 Å². The van der Waals surface area contributed by atoms with Gasteiger partial charge in [0.1, 0.15) is 5.82 Å². The largest absolute Gasteiger partial charge is 0.505 e. The molecule has 1 aliphatic heterocycles. The topological polar surface area (TPSA) is 32.3 Å². The van der Waals surface area contributed by atoms with E-state index in [0.717, 1.165) is 31.5 Å². The zero-order chi connectivity index (χ0) is 10.1. The Balaban J connectivity index is 2.37. The lowest BCUT2D eigenvalue weighted by molar-refractivity contribution is 0.423. The van der Waals surface area contributed by atoms with Crippen molar-refractivity contribution in [2.24, 2.45) is 0 Å². The Morgan fingerprint density at radius 1 is 1.29 bits per heavy atom. The summed E-state index contributed by atoms with van der Waals surface area (Å²) in [6.45, 7) is 0.836. The Morgan fingerprint density at radius 3 is 2.71 bits per heavy atom. The number of nitrogens with one attached hydrogen (secondary N) is 1. The molecule has 1 heterocycles. The van der Waals surface area contributed by atoms with Crippen molar-refractivity contribution < 1.29 is 13.9 Å². The van der Waals surface area contributed by atoms with Crippen LogP contribution in [0.1, 0.15) is 24.4 Å². The Morgan fingerprint density at radius 2 is 2.07 bits per heavy atom. The van der Waals surface area contributed by atoms with Crippen molar-refractivity contribution in [1.29, 1.82) is 0 Å². The molecule has 1 saturated heterocycles. The average molecular weight is 199 g/mol. The smallest absolute Gasteiger partial charge is 0.167 e. The Kier molecular flexibility index (Phi) is 2.37. The first-order chi connectivity index (χ1) is 6.68. The normalized spacial score (nSPS) is 21.4. The summed E-state index contributed by atoms with van der Waals surface area (Å²) in [5.74, 6) is -2.00. The maximum absolute atomic E-state index is 13.3. The minimum atomic E-state index is -0.913. The predicted molar refractivity (Wildman–Crippen MR) is 48.0 cm³/mol. The van der Waals surface area contributed by atoms with E-state index in [4.69, 9.17) is 5.11 Å². The van der Waals surface area contributed by atoms with Gasteiger partial charge in [-0.2, -0.15) is 0 Å². The summed E-state index contributed by atoms with van der Waals surface area (Å²) in [7, 11) is 0. The van der Waals surface area contributed by atoms with Crippen molar-refractivity contribution in [3.8, 4) is 5.75 Å². The fraction of sp³-hybridized carbons (Fsp3) is 0.400. The number of aromatic hydroxyl groups is 1. The maximum atomic E-state index is 13.3. The van der Waals surface area contributed by atoms with Crippen molar-refractivity contribution in [2.75, 3.05) is 6.54 Å². The summed E-state index contributed by atoms with van der Waals surface area (Å²) in [5.41, 5.74) is 0.349. The molecule has 0 aliphatic carbocycles. The molecule has 1 aromatic carbocycles. The molecule has 2 rings (SSSR count). The lowest BCUT2D eigenvalue weighted by atomic mass is 10.0. The lowest BCUT2D eigenvalue weighted by Gasteiger charge is -2.12. The Bertz CT molecular complexity index is 348. The van der Waals surface area contributed by atoms with Crippen LogP contribution in [-0.2, 0) is 0 Å². The number of rotatable bonds is 1. The molecule has 14 heavy (non-hydrogen) atoms. The SMILES string of the molecule is Oc1cc(C2CCCN2)c(F)cc1F. The first-order valence-electron chi connectivity index (χ1n) is 4.60. The molecule has 4 heteroatoms. The van der Waals surface area contributed by atoms with Crippen molar-refractivity contribution in [3.63, 3.8) is 0 Å². The highest BCUT2D eigenvalue weighted by atomic mass is 19.1. The van der Waals surface area contributed by atoms with E-state index in [1.54, 1.807) is 0 Å². The number of hydrogen-bond donors (Lipinski definition) is 2. The van der Waals surface area contributed by atoms with Gasteiger partial charge < -0.3 is 10.4 Å².